The van der Waals surface area contributed by atoms with Gasteiger partial charge < -0.3 is 10.1 Å². The maximum atomic E-state index is 11.5. The number of nitrogens with two attached hydrogens (primary N) is 1. The van der Waals surface area contributed by atoms with Crippen molar-refractivity contribution >= 4 is 21.6 Å². The highest BCUT2D eigenvalue weighted by Gasteiger charge is 2.16. The number of hydrogen-bond donors (Lipinski definition) is 2. The summed E-state index contributed by atoms with van der Waals surface area (Å²) in [5, 5.41) is 7.74. The fourth-order valence-corrected chi connectivity index (χ4v) is 2.23. The fourth-order valence-electron chi connectivity index (χ4n) is 1.53. The van der Waals surface area contributed by atoms with Crippen LogP contribution < -0.4 is 15.2 Å². The molecule has 19 heavy (non-hydrogen) atoms. The number of rotatable bonds is 6. The van der Waals surface area contributed by atoms with E-state index in [1.807, 2.05) is 6.92 Å². The SMILES string of the molecule is CCCC(=O)Nc1ccc(OCC)c(S(N)(=O)=O)c1. The third-order valence-corrected chi connectivity index (χ3v) is 3.24. The molecule has 1 aromatic rings. The molecule has 0 aliphatic rings. The molecule has 0 spiro atoms. The molecule has 0 fully saturated rings. The van der Waals surface area contributed by atoms with Crippen LogP contribution in [0.3, 0.4) is 0 Å². The summed E-state index contributed by atoms with van der Waals surface area (Å²) in [4.78, 5) is 11.3. The van der Waals surface area contributed by atoms with Crippen molar-refractivity contribution in [1.29, 1.82) is 0 Å². The first-order valence-corrected chi connectivity index (χ1v) is 7.52. The molecule has 106 valence electrons. The summed E-state index contributed by atoms with van der Waals surface area (Å²) in [5.41, 5.74) is 0.380. The first-order valence-electron chi connectivity index (χ1n) is 5.98. The van der Waals surface area contributed by atoms with Crippen LogP contribution in [0.5, 0.6) is 5.75 Å². The Morgan fingerprint density at radius 2 is 2.05 bits per heavy atom. The average molecular weight is 286 g/mol. The van der Waals surface area contributed by atoms with Crippen LogP contribution >= 0.6 is 0 Å². The van der Waals surface area contributed by atoms with Crippen molar-refractivity contribution in [2.24, 2.45) is 5.14 Å². The number of sulfonamides is 1. The summed E-state index contributed by atoms with van der Waals surface area (Å²) >= 11 is 0. The number of carbonyl (C=O) groups is 1. The maximum absolute atomic E-state index is 11.5. The van der Waals surface area contributed by atoms with Gasteiger partial charge in [0.25, 0.3) is 0 Å². The van der Waals surface area contributed by atoms with E-state index in [2.05, 4.69) is 5.32 Å². The Bertz CT molecular complexity index is 555. The summed E-state index contributed by atoms with van der Waals surface area (Å²) in [6, 6.07) is 4.35. The molecular formula is C12H18N2O4S. The largest absolute Gasteiger partial charge is 0.492 e. The molecule has 1 amide bonds. The lowest BCUT2D eigenvalue weighted by Crippen LogP contribution is -2.16. The molecule has 0 heterocycles. The molecule has 7 heteroatoms. The zero-order valence-electron chi connectivity index (χ0n) is 11.0. The summed E-state index contributed by atoms with van der Waals surface area (Å²) in [7, 11) is -3.90. The third-order valence-electron chi connectivity index (χ3n) is 2.31. The Labute approximate surface area is 113 Å². The summed E-state index contributed by atoms with van der Waals surface area (Å²) in [6.07, 6.45) is 1.09. The van der Waals surface area contributed by atoms with Crippen LogP contribution in [0, 0.1) is 0 Å². The average Bonchev–Trinajstić information content (AvgIpc) is 2.30. The first kappa shape index (κ1) is 15.5. The van der Waals surface area contributed by atoms with Gasteiger partial charge in [0.15, 0.2) is 0 Å². The highest BCUT2D eigenvalue weighted by Crippen LogP contribution is 2.26. The Hall–Kier alpha value is -1.60. The van der Waals surface area contributed by atoms with Gasteiger partial charge in [-0.05, 0) is 31.5 Å². The minimum absolute atomic E-state index is 0.136. The second-order valence-electron chi connectivity index (χ2n) is 3.94. The van der Waals surface area contributed by atoms with E-state index in [9.17, 15) is 13.2 Å². The molecule has 0 saturated carbocycles. The van der Waals surface area contributed by atoms with Crippen molar-refractivity contribution in [1.82, 2.24) is 0 Å². The van der Waals surface area contributed by atoms with Crippen molar-refractivity contribution in [3.05, 3.63) is 18.2 Å². The topological polar surface area (TPSA) is 98.5 Å². The quantitative estimate of drug-likeness (QED) is 0.827. The van der Waals surface area contributed by atoms with Crippen LogP contribution in [0.2, 0.25) is 0 Å². The molecule has 0 atom stereocenters. The van der Waals surface area contributed by atoms with Gasteiger partial charge in [-0.15, -0.1) is 0 Å². The summed E-state index contributed by atoms with van der Waals surface area (Å²) in [6.45, 7) is 3.95. The predicted octanol–water partition coefficient (Wildman–Crippen LogP) is 1.47. The molecule has 0 aromatic heterocycles. The van der Waals surface area contributed by atoms with E-state index < -0.39 is 10.0 Å². The first-order chi connectivity index (χ1) is 8.88. The van der Waals surface area contributed by atoms with Crippen molar-refractivity contribution in [2.45, 2.75) is 31.6 Å². The van der Waals surface area contributed by atoms with Crippen LogP contribution in [0.4, 0.5) is 5.69 Å². The number of carbonyl (C=O) groups excluding carboxylic acids is 1. The fraction of sp³-hybridized carbons (Fsp3) is 0.417. The number of amides is 1. The third kappa shape index (κ3) is 4.53. The van der Waals surface area contributed by atoms with Gasteiger partial charge >= 0.3 is 0 Å². The number of anilines is 1. The number of hydrogen-bond acceptors (Lipinski definition) is 4. The highest BCUT2D eigenvalue weighted by molar-refractivity contribution is 7.89. The molecular weight excluding hydrogens is 268 g/mol. The highest BCUT2D eigenvalue weighted by atomic mass is 32.2. The van der Waals surface area contributed by atoms with E-state index in [1.165, 1.54) is 12.1 Å². The van der Waals surface area contributed by atoms with Gasteiger partial charge in [0.2, 0.25) is 15.9 Å². The molecule has 1 rings (SSSR count). The number of ether oxygens (including phenoxy) is 1. The molecule has 0 aliphatic heterocycles. The predicted molar refractivity (Wildman–Crippen MR) is 72.5 cm³/mol. The lowest BCUT2D eigenvalue weighted by Gasteiger charge is -2.11. The monoisotopic (exact) mass is 286 g/mol. The molecule has 0 radical (unpaired) electrons. The second-order valence-corrected chi connectivity index (χ2v) is 5.47. The molecule has 3 N–H and O–H groups in total. The van der Waals surface area contributed by atoms with Crippen molar-refractivity contribution in [3.63, 3.8) is 0 Å². The van der Waals surface area contributed by atoms with E-state index in [0.717, 1.165) is 0 Å². The molecule has 1 aromatic carbocycles. The van der Waals surface area contributed by atoms with Crippen molar-refractivity contribution in [3.8, 4) is 5.75 Å². The summed E-state index contributed by atoms with van der Waals surface area (Å²) < 4.78 is 28.2. The minimum Gasteiger partial charge on any atom is -0.492 e. The Morgan fingerprint density at radius 3 is 2.58 bits per heavy atom. The van der Waals surface area contributed by atoms with E-state index in [4.69, 9.17) is 9.88 Å². The lowest BCUT2D eigenvalue weighted by molar-refractivity contribution is -0.116. The molecule has 0 aliphatic carbocycles. The maximum Gasteiger partial charge on any atom is 0.241 e. The zero-order chi connectivity index (χ0) is 14.5. The van der Waals surface area contributed by atoms with Crippen molar-refractivity contribution < 1.29 is 17.9 Å². The van der Waals surface area contributed by atoms with E-state index in [0.29, 0.717) is 25.1 Å². The van der Waals surface area contributed by atoms with Crippen LogP contribution in [0.15, 0.2) is 23.1 Å². The lowest BCUT2D eigenvalue weighted by atomic mass is 10.2. The smallest absolute Gasteiger partial charge is 0.241 e. The zero-order valence-corrected chi connectivity index (χ0v) is 11.8. The summed E-state index contributed by atoms with van der Waals surface area (Å²) in [5.74, 6) is 0.00511. The van der Waals surface area contributed by atoms with Gasteiger partial charge in [-0.3, -0.25) is 4.79 Å². The number of primary sulfonamides is 1. The van der Waals surface area contributed by atoms with Gasteiger partial charge in [-0.25, -0.2) is 13.6 Å². The van der Waals surface area contributed by atoms with Gasteiger partial charge in [0, 0.05) is 12.1 Å². The second kappa shape index (κ2) is 6.53. The van der Waals surface area contributed by atoms with E-state index in [1.54, 1.807) is 13.0 Å². The Morgan fingerprint density at radius 1 is 1.37 bits per heavy atom. The molecule has 6 nitrogen and oxygen atoms in total. The van der Waals surface area contributed by atoms with Gasteiger partial charge in [-0.2, -0.15) is 0 Å². The molecule has 0 unspecified atom stereocenters. The van der Waals surface area contributed by atoms with Crippen LogP contribution in [-0.4, -0.2) is 20.9 Å². The van der Waals surface area contributed by atoms with Gasteiger partial charge in [0.05, 0.1) is 6.61 Å². The number of benzene rings is 1. The van der Waals surface area contributed by atoms with Gasteiger partial charge in [0.1, 0.15) is 10.6 Å². The van der Waals surface area contributed by atoms with Crippen LogP contribution in [0.25, 0.3) is 0 Å². The Balaban J connectivity index is 3.08. The molecule has 0 saturated heterocycles. The van der Waals surface area contributed by atoms with E-state index >= 15 is 0 Å². The minimum atomic E-state index is -3.90. The normalized spacial score (nSPS) is 11.1. The number of nitrogens with one attached hydrogen (secondary N) is 1. The molecule has 0 bridgehead atoms. The van der Waals surface area contributed by atoms with Crippen molar-refractivity contribution in [2.75, 3.05) is 11.9 Å². The van der Waals surface area contributed by atoms with Crippen LogP contribution in [-0.2, 0) is 14.8 Å². The standard InChI is InChI=1S/C12H18N2O4S/c1-3-5-12(15)14-9-6-7-10(18-4-2)11(8-9)19(13,16)17/h6-8H,3-5H2,1-2H3,(H,14,15)(H2,13,16,17). The van der Waals surface area contributed by atoms with E-state index in [-0.39, 0.29) is 16.6 Å². The Kier molecular flexibility index (Phi) is 5.31. The van der Waals surface area contributed by atoms with Crippen LogP contribution in [0.1, 0.15) is 26.7 Å². The van der Waals surface area contributed by atoms with Gasteiger partial charge in [-0.1, -0.05) is 6.92 Å².